The Balaban J connectivity index is 1.49. The molecule has 0 bridgehead atoms. The molecule has 2 atom stereocenters. The van der Waals surface area contributed by atoms with E-state index in [0.717, 1.165) is 57.8 Å². The highest BCUT2D eigenvalue weighted by molar-refractivity contribution is 6.30. The molecule has 1 aromatic carbocycles. The van der Waals surface area contributed by atoms with E-state index in [0.29, 0.717) is 22.9 Å². The Labute approximate surface area is 148 Å². The van der Waals surface area contributed by atoms with Crippen LogP contribution >= 0.6 is 11.6 Å². The predicted molar refractivity (Wildman–Crippen MR) is 94.3 cm³/mol. The van der Waals surface area contributed by atoms with E-state index >= 15 is 0 Å². The van der Waals surface area contributed by atoms with Crippen LogP contribution in [0.2, 0.25) is 5.02 Å². The highest BCUT2D eigenvalue weighted by atomic mass is 35.5. The summed E-state index contributed by atoms with van der Waals surface area (Å²) in [7, 11) is 0. The Morgan fingerprint density at radius 2 is 2.00 bits per heavy atom. The number of carbonyl (C=O) groups is 1. The summed E-state index contributed by atoms with van der Waals surface area (Å²) >= 11 is 6.15. The lowest BCUT2D eigenvalue weighted by Gasteiger charge is -2.34. The van der Waals surface area contributed by atoms with Crippen LogP contribution in [0.5, 0.6) is 0 Å². The van der Waals surface area contributed by atoms with E-state index in [1.807, 2.05) is 18.2 Å². The van der Waals surface area contributed by atoms with Crippen LogP contribution in [-0.2, 0) is 14.9 Å². The van der Waals surface area contributed by atoms with Gasteiger partial charge in [-0.3, -0.25) is 9.69 Å². The maximum atomic E-state index is 13.3. The first-order valence-electron chi connectivity index (χ1n) is 8.97. The Morgan fingerprint density at radius 1 is 1.25 bits per heavy atom. The number of hydrogen-bond donors (Lipinski definition) is 0. The number of amides is 1. The third-order valence-corrected chi connectivity index (χ3v) is 6.15. The summed E-state index contributed by atoms with van der Waals surface area (Å²) in [4.78, 5) is 17.9. The number of ether oxygens (including phenoxy) is 1. The van der Waals surface area contributed by atoms with Gasteiger partial charge in [-0.2, -0.15) is 0 Å². The number of carbonyl (C=O) groups excluding carboxylic acids is 1. The fourth-order valence-corrected chi connectivity index (χ4v) is 4.53. The van der Waals surface area contributed by atoms with E-state index in [-0.39, 0.29) is 5.41 Å². The molecule has 1 aliphatic carbocycles. The van der Waals surface area contributed by atoms with Crippen LogP contribution in [0.4, 0.5) is 0 Å². The van der Waals surface area contributed by atoms with Crippen molar-refractivity contribution in [1.82, 2.24) is 9.80 Å². The number of hydrogen-bond acceptors (Lipinski definition) is 3. The Kier molecular flexibility index (Phi) is 4.31. The fraction of sp³-hybridized carbons (Fsp3) is 0.632. The monoisotopic (exact) mass is 348 g/mol. The van der Waals surface area contributed by atoms with Crippen LogP contribution in [0, 0.1) is 5.92 Å². The second-order valence-electron chi connectivity index (χ2n) is 7.50. The van der Waals surface area contributed by atoms with Crippen molar-refractivity contribution < 1.29 is 9.53 Å². The van der Waals surface area contributed by atoms with Gasteiger partial charge in [-0.05, 0) is 36.5 Å². The van der Waals surface area contributed by atoms with Gasteiger partial charge in [-0.1, -0.05) is 30.7 Å². The lowest BCUT2D eigenvalue weighted by atomic mass is 9.94. The lowest BCUT2D eigenvalue weighted by Crippen LogP contribution is -2.47. The summed E-state index contributed by atoms with van der Waals surface area (Å²) in [6, 6.07) is 8.31. The topological polar surface area (TPSA) is 32.8 Å². The van der Waals surface area contributed by atoms with E-state index in [9.17, 15) is 4.79 Å². The van der Waals surface area contributed by atoms with Gasteiger partial charge in [0.2, 0.25) is 5.91 Å². The molecule has 3 fully saturated rings. The summed E-state index contributed by atoms with van der Waals surface area (Å²) < 4.78 is 5.47. The SMILES string of the molecule is C[C@@H]1CN(C(=O)C2(c3cccc(Cl)c3)CC2)C[C@@H]1N1CCOCC1. The molecule has 24 heavy (non-hydrogen) atoms. The van der Waals surface area contributed by atoms with E-state index in [2.05, 4.69) is 22.8 Å². The van der Waals surface area contributed by atoms with Crippen molar-refractivity contribution in [3.05, 3.63) is 34.9 Å². The first-order valence-corrected chi connectivity index (χ1v) is 9.35. The predicted octanol–water partition coefficient (Wildman–Crippen LogP) is 2.55. The highest BCUT2D eigenvalue weighted by Crippen LogP contribution is 2.50. The molecule has 1 aromatic rings. The van der Waals surface area contributed by atoms with Gasteiger partial charge in [0.25, 0.3) is 0 Å². The van der Waals surface area contributed by atoms with Crippen LogP contribution < -0.4 is 0 Å². The van der Waals surface area contributed by atoms with E-state index in [1.165, 1.54) is 0 Å². The van der Waals surface area contributed by atoms with Crippen molar-refractivity contribution in [2.75, 3.05) is 39.4 Å². The minimum absolute atomic E-state index is 0.298. The largest absolute Gasteiger partial charge is 0.379 e. The number of halogens is 1. The van der Waals surface area contributed by atoms with Gasteiger partial charge < -0.3 is 9.64 Å². The third kappa shape index (κ3) is 2.85. The quantitative estimate of drug-likeness (QED) is 0.841. The summed E-state index contributed by atoms with van der Waals surface area (Å²) in [6.07, 6.45) is 1.89. The maximum absolute atomic E-state index is 13.3. The molecule has 0 N–H and O–H groups in total. The summed E-state index contributed by atoms with van der Waals surface area (Å²) in [5, 5.41) is 0.715. The first-order chi connectivity index (χ1) is 11.6. The molecule has 0 aromatic heterocycles. The lowest BCUT2D eigenvalue weighted by molar-refractivity contribution is -0.133. The van der Waals surface area contributed by atoms with E-state index in [4.69, 9.17) is 16.3 Å². The highest BCUT2D eigenvalue weighted by Gasteiger charge is 2.54. The molecule has 2 heterocycles. The molecule has 3 aliphatic rings. The van der Waals surface area contributed by atoms with Crippen LogP contribution in [0.1, 0.15) is 25.3 Å². The first kappa shape index (κ1) is 16.4. The normalized spacial score (nSPS) is 29.7. The summed E-state index contributed by atoms with van der Waals surface area (Å²) in [6.45, 7) is 7.57. The van der Waals surface area contributed by atoms with Crippen LogP contribution in [0.25, 0.3) is 0 Å². The number of benzene rings is 1. The van der Waals surface area contributed by atoms with Crippen molar-refractivity contribution >= 4 is 17.5 Å². The van der Waals surface area contributed by atoms with Crippen LogP contribution in [0.15, 0.2) is 24.3 Å². The van der Waals surface area contributed by atoms with Crippen molar-refractivity contribution in [2.24, 2.45) is 5.92 Å². The van der Waals surface area contributed by atoms with E-state index < -0.39 is 0 Å². The second-order valence-corrected chi connectivity index (χ2v) is 7.93. The molecule has 0 unspecified atom stereocenters. The van der Waals surface area contributed by atoms with Crippen LogP contribution in [-0.4, -0.2) is 61.1 Å². The molecule has 4 rings (SSSR count). The van der Waals surface area contributed by atoms with Crippen molar-refractivity contribution in [3.63, 3.8) is 0 Å². The van der Waals surface area contributed by atoms with Crippen molar-refractivity contribution in [1.29, 1.82) is 0 Å². The van der Waals surface area contributed by atoms with Gasteiger partial charge in [0.15, 0.2) is 0 Å². The molecule has 2 saturated heterocycles. The number of likely N-dealkylation sites (tertiary alicyclic amines) is 1. The van der Waals surface area contributed by atoms with Gasteiger partial charge in [0, 0.05) is 37.2 Å². The number of morpholine rings is 1. The zero-order valence-electron chi connectivity index (χ0n) is 14.2. The molecular formula is C19H25ClN2O2. The summed E-state index contributed by atoms with van der Waals surface area (Å²) in [5.41, 5.74) is 0.771. The Hall–Kier alpha value is -1.10. The summed E-state index contributed by atoms with van der Waals surface area (Å²) in [5.74, 6) is 0.814. The average Bonchev–Trinajstić information content (AvgIpc) is 3.32. The van der Waals surface area contributed by atoms with Crippen LogP contribution in [0.3, 0.4) is 0 Å². The second kappa shape index (κ2) is 6.32. The number of nitrogens with zero attached hydrogens (tertiary/aromatic N) is 2. The molecule has 1 saturated carbocycles. The molecule has 1 amide bonds. The zero-order chi connectivity index (χ0) is 16.7. The van der Waals surface area contributed by atoms with Gasteiger partial charge in [0.05, 0.1) is 18.6 Å². The minimum Gasteiger partial charge on any atom is -0.379 e. The van der Waals surface area contributed by atoms with Gasteiger partial charge in [0.1, 0.15) is 0 Å². The molecule has 0 radical (unpaired) electrons. The minimum atomic E-state index is -0.315. The third-order valence-electron chi connectivity index (χ3n) is 5.91. The standard InChI is InChI=1S/C19H25ClN2O2/c1-14-12-22(13-17(14)21-7-9-24-10-8-21)18(23)19(5-6-19)15-3-2-4-16(20)11-15/h2-4,11,14,17H,5-10,12-13H2,1H3/t14-,17+/m1/s1. The average molecular weight is 349 g/mol. The molecule has 130 valence electrons. The molecule has 4 nitrogen and oxygen atoms in total. The van der Waals surface area contributed by atoms with E-state index in [1.54, 1.807) is 0 Å². The van der Waals surface area contributed by atoms with Gasteiger partial charge in [-0.25, -0.2) is 0 Å². The van der Waals surface area contributed by atoms with Gasteiger partial charge in [-0.15, -0.1) is 0 Å². The fourth-order valence-electron chi connectivity index (χ4n) is 4.34. The molecule has 2 aliphatic heterocycles. The molecule has 0 spiro atoms. The zero-order valence-corrected chi connectivity index (χ0v) is 15.0. The molecule has 5 heteroatoms. The van der Waals surface area contributed by atoms with Gasteiger partial charge >= 0.3 is 0 Å². The smallest absolute Gasteiger partial charge is 0.233 e. The van der Waals surface area contributed by atoms with Crippen molar-refractivity contribution in [2.45, 2.75) is 31.2 Å². The maximum Gasteiger partial charge on any atom is 0.233 e. The number of rotatable bonds is 3. The Morgan fingerprint density at radius 3 is 2.67 bits per heavy atom. The Bertz CT molecular complexity index is 626. The molecular weight excluding hydrogens is 324 g/mol. The van der Waals surface area contributed by atoms with Crippen molar-refractivity contribution in [3.8, 4) is 0 Å².